The van der Waals surface area contributed by atoms with Crippen molar-refractivity contribution in [1.82, 2.24) is 30.2 Å². The molecule has 122 valence electrons. The molecule has 2 aromatic heterocycles. The highest BCUT2D eigenvalue weighted by Crippen LogP contribution is 2.18. The first kappa shape index (κ1) is 14.4. The van der Waals surface area contributed by atoms with Crippen LogP contribution in [0.5, 0.6) is 0 Å². The first-order chi connectivity index (χ1) is 11.7. The van der Waals surface area contributed by atoms with Crippen LogP contribution >= 0.6 is 0 Å². The van der Waals surface area contributed by atoms with Crippen LogP contribution in [0, 0.1) is 0 Å². The molecule has 0 spiro atoms. The fourth-order valence-corrected chi connectivity index (χ4v) is 2.93. The Morgan fingerprint density at radius 1 is 0.917 bits per heavy atom. The zero-order chi connectivity index (χ0) is 16.5. The van der Waals surface area contributed by atoms with Crippen LogP contribution in [0.2, 0.25) is 0 Å². The molecule has 3 heterocycles. The SMILES string of the molecule is O=C(c1ccn[nH]1)N1CCN(C(=O)c2n[nH]c3ccccc23)CC1. The van der Waals surface area contributed by atoms with Crippen LogP contribution in [0.1, 0.15) is 21.0 Å². The summed E-state index contributed by atoms with van der Waals surface area (Å²) in [4.78, 5) is 28.4. The number of fused-ring (bicyclic) bond motifs is 1. The van der Waals surface area contributed by atoms with Gasteiger partial charge >= 0.3 is 0 Å². The molecule has 1 aromatic carbocycles. The van der Waals surface area contributed by atoms with Crippen LogP contribution in [0.25, 0.3) is 10.9 Å². The van der Waals surface area contributed by atoms with Crippen molar-refractivity contribution in [2.75, 3.05) is 26.2 Å². The highest BCUT2D eigenvalue weighted by molar-refractivity contribution is 6.04. The van der Waals surface area contributed by atoms with Gasteiger partial charge in [-0.25, -0.2) is 0 Å². The predicted octanol–water partition coefficient (Wildman–Crippen LogP) is 0.884. The minimum atomic E-state index is -0.110. The van der Waals surface area contributed by atoms with Crippen molar-refractivity contribution in [3.63, 3.8) is 0 Å². The minimum absolute atomic E-state index is 0.0928. The van der Waals surface area contributed by atoms with Gasteiger partial charge in [0, 0.05) is 37.8 Å². The van der Waals surface area contributed by atoms with Gasteiger partial charge in [0.15, 0.2) is 5.69 Å². The third-order valence-electron chi connectivity index (χ3n) is 4.26. The van der Waals surface area contributed by atoms with Gasteiger partial charge in [-0.2, -0.15) is 10.2 Å². The summed E-state index contributed by atoms with van der Waals surface area (Å²) in [5.41, 5.74) is 1.74. The Morgan fingerprint density at radius 2 is 1.62 bits per heavy atom. The number of carbonyl (C=O) groups excluding carboxylic acids is 2. The molecule has 0 bridgehead atoms. The fourth-order valence-electron chi connectivity index (χ4n) is 2.93. The van der Waals surface area contributed by atoms with E-state index in [0.717, 1.165) is 10.9 Å². The molecule has 24 heavy (non-hydrogen) atoms. The maximum Gasteiger partial charge on any atom is 0.275 e. The van der Waals surface area contributed by atoms with E-state index < -0.39 is 0 Å². The van der Waals surface area contributed by atoms with Gasteiger partial charge in [0.2, 0.25) is 0 Å². The van der Waals surface area contributed by atoms with Crippen LogP contribution in [0.3, 0.4) is 0 Å². The zero-order valence-electron chi connectivity index (χ0n) is 12.9. The number of hydrogen-bond donors (Lipinski definition) is 2. The van der Waals surface area contributed by atoms with E-state index in [1.807, 2.05) is 24.3 Å². The van der Waals surface area contributed by atoms with Crippen LogP contribution in [0.4, 0.5) is 0 Å². The smallest absolute Gasteiger partial charge is 0.275 e. The molecule has 0 saturated carbocycles. The number of rotatable bonds is 2. The molecule has 1 aliphatic heterocycles. The molecule has 4 rings (SSSR count). The lowest BCUT2D eigenvalue weighted by Crippen LogP contribution is -2.50. The molecule has 1 aliphatic rings. The van der Waals surface area contributed by atoms with Gasteiger partial charge in [-0.1, -0.05) is 18.2 Å². The first-order valence-corrected chi connectivity index (χ1v) is 7.75. The van der Waals surface area contributed by atoms with Gasteiger partial charge in [0.05, 0.1) is 5.52 Å². The standard InChI is InChI=1S/C16H16N6O2/c23-15(13-5-6-17-18-13)21-7-9-22(10-8-21)16(24)14-11-3-1-2-4-12(11)19-20-14/h1-6H,7-10H2,(H,17,18)(H,19,20). The number of H-pyrrole nitrogens is 2. The minimum Gasteiger partial charge on any atom is -0.334 e. The molecular formula is C16H16N6O2. The van der Waals surface area contributed by atoms with Crippen molar-refractivity contribution in [2.45, 2.75) is 0 Å². The molecule has 3 aromatic rings. The Labute approximate surface area is 137 Å². The van der Waals surface area contributed by atoms with Gasteiger partial charge in [-0.05, 0) is 12.1 Å². The second-order valence-corrected chi connectivity index (χ2v) is 5.67. The Hall–Kier alpha value is -3.16. The number of nitrogens with one attached hydrogen (secondary N) is 2. The highest BCUT2D eigenvalue weighted by Gasteiger charge is 2.27. The number of piperazine rings is 1. The second-order valence-electron chi connectivity index (χ2n) is 5.67. The summed E-state index contributed by atoms with van der Waals surface area (Å²) in [5, 5.41) is 14.3. The maximum absolute atomic E-state index is 12.7. The number of carbonyl (C=O) groups is 2. The average molecular weight is 324 g/mol. The van der Waals surface area contributed by atoms with Crippen molar-refractivity contribution in [1.29, 1.82) is 0 Å². The lowest BCUT2D eigenvalue weighted by Gasteiger charge is -2.34. The van der Waals surface area contributed by atoms with E-state index >= 15 is 0 Å². The van der Waals surface area contributed by atoms with Crippen molar-refractivity contribution in [3.8, 4) is 0 Å². The average Bonchev–Trinajstić information content (AvgIpc) is 3.30. The fraction of sp³-hybridized carbons (Fsp3) is 0.250. The molecule has 0 radical (unpaired) electrons. The number of nitrogens with zero attached hydrogens (tertiary/aromatic N) is 4. The van der Waals surface area contributed by atoms with E-state index in [2.05, 4.69) is 20.4 Å². The third-order valence-corrected chi connectivity index (χ3v) is 4.26. The summed E-state index contributed by atoms with van der Waals surface area (Å²) in [6.07, 6.45) is 1.55. The summed E-state index contributed by atoms with van der Waals surface area (Å²) in [6, 6.07) is 9.20. The van der Waals surface area contributed by atoms with E-state index in [1.165, 1.54) is 0 Å². The van der Waals surface area contributed by atoms with E-state index in [1.54, 1.807) is 22.1 Å². The molecular weight excluding hydrogens is 308 g/mol. The summed E-state index contributed by atoms with van der Waals surface area (Å²) < 4.78 is 0. The highest BCUT2D eigenvalue weighted by atomic mass is 16.2. The van der Waals surface area contributed by atoms with Crippen molar-refractivity contribution in [3.05, 3.63) is 47.9 Å². The number of para-hydroxylation sites is 1. The molecule has 8 nitrogen and oxygen atoms in total. The van der Waals surface area contributed by atoms with Crippen LogP contribution in [-0.4, -0.2) is 68.2 Å². The molecule has 2 amide bonds. The molecule has 1 fully saturated rings. The zero-order valence-corrected chi connectivity index (χ0v) is 12.9. The maximum atomic E-state index is 12.7. The van der Waals surface area contributed by atoms with E-state index in [0.29, 0.717) is 37.6 Å². The Kier molecular flexibility index (Phi) is 3.49. The Bertz CT molecular complexity index is 877. The first-order valence-electron chi connectivity index (χ1n) is 7.75. The van der Waals surface area contributed by atoms with Crippen molar-refractivity contribution < 1.29 is 9.59 Å². The quantitative estimate of drug-likeness (QED) is 0.731. The number of hydrogen-bond acceptors (Lipinski definition) is 4. The van der Waals surface area contributed by atoms with Gasteiger partial charge in [-0.15, -0.1) is 0 Å². The van der Waals surface area contributed by atoms with Crippen molar-refractivity contribution >= 4 is 22.7 Å². The van der Waals surface area contributed by atoms with E-state index in [9.17, 15) is 9.59 Å². The van der Waals surface area contributed by atoms with Gasteiger partial charge < -0.3 is 9.80 Å². The van der Waals surface area contributed by atoms with Gasteiger partial charge in [-0.3, -0.25) is 19.8 Å². The topological polar surface area (TPSA) is 98.0 Å². The lowest BCUT2D eigenvalue weighted by molar-refractivity contribution is 0.0530. The van der Waals surface area contributed by atoms with Crippen LogP contribution in [0.15, 0.2) is 36.5 Å². The van der Waals surface area contributed by atoms with Gasteiger partial charge in [0.1, 0.15) is 5.69 Å². The van der Waals surface area contributed by atoms with Crippen LogP contribution < -0.4 is 0 Å². The second kappa shape index (κ2) is 5.80. The Morgan fingerprint density at radius 3 is 2.33 bits per heavy atom. The summed E-state index contributed by atoms with van der Waals surface area (Å²) >= 11 is 0. The Balaban J connectivity index is 1.46. The lowest BCUT2D eigenvalue weighted by atomic mass is 10.2. The number of aromatic amines is 2. The molecule has 1 saturated heterocycles. The molecule has 0 atom stereocenters. The van der Waals surface area contributed by atoms with Crippen molar-refractivity contribution in [2.24, 2.45) is 0 Å². The third kappa shape index (κ3) is 2.41. The molecule has 0 aliphatic carbocycles. The molecule has 0 unspecified atom stereocenters. The molecule has 8 heteroatoms. The predicted molar refractivity (Wildman–Crippen MR) is 86.5 cm³/mol. The summed E-state index contributed by atoms with van der Waals surface area (Å²) in [5.74, 6) is -0.203. The largest absolute Gasteiger partial charge is 0.334 e. The summed E-state index contributed by atoms with van der Waals surface area (Å²) in [6.45, 7) is 1.96. The van der Waals surface area contributed by atoms with Crippen LogP contribution in [-0.2, 0) is 0 Å². The normalized spacial score (nSPS) is 15.0. The summed E-state index contributed by atoms with van der Waals surface area (Å²) in [7, 11) is 0. The van der Waals surface area contributed by atoms with Gasteiger partial charge in [0.25, 0.3) is 11.8 Å². The van der Waals surface area contributed by atoms with E-state index in [4.69, 9.17) is 0 Å². The number of benzene rings is 1. The molecule has 2 N–H and O–H groups in total. The van der Waals surface area contributed by atoms with E-state index in [-0.39, 0.29) is 11.8 Å². The monoisotopic (exact) mass is 324 g/mol. The number of amides is 2. The number of aromatic nitrogens is 4.